The third kappa shape index (κ3) is 2.76. The quantitative estimate of drug-likeness (QED) is 0.746. The highest BCUT2D eigenvalue weighted by atomic mass is 16.5. The van der Waals surface area contributed by atoms with E-state index in [2.05, 4.69) is 5.32 Å². The Morgan fingerprint density at radius 2 is 1.94 bits per heavy atom. The average Bonchev–Trinajstić information content (AvgIpc) is 2.90. The minimum absolute atomic E-state index is 0.00972. The highest BCUT2D eigenvalue weighted by Crippen LogP contribution is 2.29. The summed E-state index contributed by atoms with van der Waals surface area (Å²) < 4.78 is 5.14. The SMILES string of the molecule is CCOC(=O)[C@@H]1CCC[C@H]1NC1CCCC1. The van der Waals surface area contributed by atoms with Gasteiger partial charge < -0.3 is 10.1 Å². The highest BCUT2D eigenvalue weighted by Gasteiger charge is 2.35. The summed E-state index contributed by atoms with van der Waals surface area (Å²) in [5.41, 5.74) is 0. The first-order valence-corrected chi connectivity index (χ1v) is 6.74. The molecule has 0 bridgehead atoms. The van der Waals surface area contributed by atoms with Crippen molar-refractivity contribution in [1.29, 1.82) is 0 Å². The molecule has 3 nitrogen and oxygen atoms in total. The van der Waals surface area contributed by atoms with Crippen molar-refractivity contribution in [3.8, 4) is 0 Å². The molecule has 0 aromatic rings. The Hall–Kier alpha value is -0.570. The van der Waals surface area contributed by atoms with Crippen LogP contribution in [0.1, 0.15) is 51.9 Å². The normalized spacial score (nSPS) is 30.8. The number of hydrogen-bond acceptors (Lipinski definition) is 3. The molecule has 16 heavy (non-hydrogen) atoms. The van der Waals surface area contributed by atoms with E-state index in [4.69, 9.17) is 4.74 Å². The second-order valence-electron chi connectivity index (χ2n) is 5.04. The lowest BCUT2D eigenvalue weighted by atomic mass is 10.0. The Labute approximate surface area is 97.9 Å². The lowest BCUT2D eigenvalue weighted by molar-refractivity contribution is -0.148. The van der Waals surface area contributed by atoms with Gasteiger partial charge in [-0.05, 0) is 32.6 Å². The molecule has 0 saturated heterocycles. The molecule has 2 fully saturated rings. The van der Waals surface area contributed by atoms with Gasteiger partial charge in [0, 0.05) is 12.1 Å². The maximum atomic E-state index is 11.8. The lowest BCUT2D eigenvalue weighted by Crippen LogP contribution is -2.42. The molecule has 1 N–H and O–H groups in total. The highest BCUT2D eigenvalue weighted by molar-refractivity contribution is 5.73. The van der Waals surface area contributed by atoms with Crippen molar-refractivity contribution < 1.29 is 9.53 Å². The fraction of sp³-hybridized carbons (Fsp3) is 0.923. The molecule has 2 aliphatic rings. The van der Waals surface area contributed by atoms with Crippen LogP contribution < -0.4 is 5.32 Å². The molecule has 0 spiro atoms. The monoisotopic (exact) mass is 225 g/mol. The third-order valence-corrected chi connectivity index (χ3v) is 3.91. The topological polar surface area (TPSA) is 38.3 Å². The van der Waals surface area contributed by atoms with Crippen LogP contribution in [0.5, 0.6) is 0 Å². The van der Waals surface area contributed by atoms with Gasteiger partial charge >= 0.3 is 5.97 Å². The van der Waals surface area contributed by atoms with Crippen LogP contribution in [-0.2, 0) is 9.53 Å². The Bertz CT molecular complexity index is 236. The van der Waals surface area contributed by atoms with Crippen LogP contribution in [-0.4, -0.2) is 24.7 Å². The fourth-order valence-electron chi connectivity index (χ4n) is 3.09. The lowest BCUT2D eigenvalue weighted by Gasteiger charge is -2.23. The van der Waals surface area contributed by atoms with Crippen molar-refractivity contribution in [1.82, 2.24) is 5.32 Å². The Morgan fingerprint density at radius 1 is 1.19 bits per heavy atom. The maximum absolute atomic E-state index is 11.8. The smallest absolute Gasteiger partial charge is 0.310 e. The van der Waals surface area contributed by atoms with Gasteiger partial charge in [0.05, 0.1) is 12.5 Å². The zero-order chi connectivity index (χ0) is 11.4. The summed E-state index contributed by atoms with van der Waals surface area (Å²) in [6, 6.07) is 1.03. The summed E-state index contributed by atoms with van der Waals surface area (Å²) in [5, 5.41) is 3.67. The van der Waals surface area contributed by atoms with Gasteiger partial charge in [0.15, 0.2) is 0 Å². The van der Waals surface area contributed by atoms with Gasteiger partial charge in [0.2, 0.25) is 0 Å². The zero-order valence-electron chi connectivity index (χ0n) is 10.2. The molecule has 3 heteroatoms. The number of ether oxygens (including phenoxy) is 1. The van der Waals surface area contributed by atoms with Crippen molar-refractivity contribution in [3.05, 3.63) is 0 Å². The first-order chi connectivity index (χ1) is 7.81. The van der Waals surface area contributed by atoms with Crippen molar-refractivity contribution in [2.75, 3.05) is 6.61 Å². The molecule has 2 rings (SSSR count). The van der Waals surface area contributed by atoms with Gasteiger partial charge in [-0.3, -0.25) is 4.79 Å². The van der Waals surface area contributed by atoms with Crippen molar-refractivity contribution in [2.24, 2.45) is 5.92 Å². The average molecular weight is 225 g/mol. The molecule has 0 aromatic carbocycles. The van der Waals surface area contributed by atoms with E-state index in [1.54, 1.807) is 0 Å². The summed E-state index contributed by atoms with van der Waals surface area (Å²) in [7, 11) is 0. The standard InChI is InChI=1S/C13H23NO2/c1-2-16-13(15)11-8-5-9-12(11)14-10-6-3-4-7-10/h10-12,14H,2-9H2,1H3/t11-,12-/m1/s1. The molecule has 92 valence electrons. The number of carbonyl (C=O) groups excluding carboxylic acids is 1. The fourth-order valence-corrected chi connectivity index (χ4v) is 3.09. The van der Waals surface area contributed by atoms with Gasteiger partial charge in [-0.25, -0.2) is 0 Å². The molecule has 0 aliphatic heterocycles. The second kappa shape index (κ2) is 5.67. The largest absolute Gasteiger partial charge is 0.466 e. The number of rotatable bonds is 4. The Kier molecular flexibility index (Phi) is 4.22. The minimum atomic E-state index is 0.00972. The van der Waals surface area contributed by atoms with Crippen molar-refractivity contribution >= 4 is 5.97 Å². The molecular formula is C13H23NO2. The molecular weight excluding hydrogens is 202 g/mol. The maximum Gasteiger partial charge on any atom is 0.310 e. The second-order valence-corrected chi connectivity index (χ2v) is 5.04. The van der Waals surface area contributed by atoms with Crippen LogP contribution in [0, 0.1) is 5.92 Å². The van der Waals surface area contributed by atoms with E-state index >= 15 is 0 Å². The predicted octanol–water partition coefficient (Wildman–Crippen LogP) is 2.25. The first kappa shape index (κ1) is 11.9. The van der Waals surface area contributed by atoms with Crippen LogP contribution in [0.3, 0.4) is 0 Å². The van der Waals surface area contributed by atoms with E-state index in [0.29, 0.717) is 18.7 Å². The molecule has 2 atom stereocenters. The van der Waals surface area contributed by atoms with Crippen molar-refractivity contribution in [3.63, 3.8) is 0 Å². The minimum Gasteiger partial charge on any atom is -0.466 e. The molecule has 0 heterocycles. The first-order valence-electron chi connectivity index (χ1n) is 6.74. The van der Waals surface area contributed by atoms with Gasteiger partial charge in [0.25, 0.3) is 0 Å². The predicted molar refractivity (Wildman–Crippen MR) is 63.2 cm³/mol. The van der Waals surface area contributed by atoms with E-state index in [-0.39, 0.29) is 11.9 Å². The summed E-state index contributed by atoms with van der Waals surface area (Å²) in [5.74, 6) is 0.121. The van der Waals surface area contributed by atoms with E-state index < -0.39 is 0 Å². The van der Waals surface area contributed by atoms with Crippen LogP contribution in [0.25, 0.3) is 0 Å². The zero-order valence-corrected chi connectivity index (χ0v) is 10.2. The van der Waals surface area contributed by atoms with Crippen LogP contribution >= 0.6 is 0 Å². The van der Waals surface area contributed by atoms with Crippen molar-refractivity contribution in [2.45, 2.75) is 64.0 Å². The molecule has 0 aromatic heterocycles. The van der Waals surface area contributed by atoms with Gasteiger partial charge in [-0.2, -0.15) is 0 Å². The number of nitrogens with one attached hydrogen (secondary N) is 1. The van der Waals surface area contributed by atoms with Crippen LogP contribution in [0.4, 0.5) is 0 Å². The van der Waals surface area contributed by atoms with E-state index in [9.17, 15) is 4.79 Å². The number of hydrogen-bond donors (Lipinski definition) is 1. The third-order valence-electron chi connectivity index (χ3n) is 3.91. The number of carbonyl (C=O) groups is 1. The molecule has 2 saturated carbocycles. The molecule has 0 radical (unpaired) electrons. The van der Waals surface area contributed by atoms with Gasteiger partial charge in [-0.15, -0.1) is 0 Å². The number of esters is 1. The Balaban J connectivity index is 1.84. The van der Waals surface area contributed by atoms with Crippen LogP contribution in [0.2, 0.25) is 0 Å². The van der Waals surface area contributed by atoms with Gasteiger partial charge in [0.1, 0.15) is 0 Å². The Morgan fingerprint density at radius 3 is 2.62 bits per heavy atom. The molecule has 0 amide bonds. The van der Waals surface area contributed by atoms with E-state index in [0.717, 1.165) is 19.3 Å². The summed E-state index contributed by atoms with van der Waals surface area (Å²) >= 11 is 0. The van der Waals surface area contributed by atoms with E-state index in [1.165, 1.54) is 25.7 Å². The summed E-state index contributed by atoms with van der Waals surface area (Å²) in [6.45, 7) is 2.39. The molecule has 0 unspecified atom stereocenters. The van der Waals surface area contributed by atoms with E-state index in [1.807, 2.05) is 6.92 Å². The summed E-state index contributed by atoms with van der Waals surface area (Å²) in [4.78, 5) is 11.8. The van der Waals surface area contributed by atoms with Gasteiger partial charge in [-0.1, -0.05) is 19.3 Å². The molecule has 2 aliphatic carbocycles. The summed E-state index contributed by atoms with van der Waals surface area (Å²) in [6.07, 6.45) is 8.55. The van der Waals surface area contributed by atoms with Crippen LogP contribution in [0.15, 0.2) is 0 Å².